The summed E-state index contributed by atoms with van der Waals surface area (Å²) in [6, 6.07) is 7.86. The number of carbonyl (C=O) groups excluding carboxylic acids is 3. The van der Waals surface area contributed by atoms with Gasteiger partial charge in [-0.3, -0.25) is 5.10 Å². The van der Waals surface area contributed by atoms with Gasteiger partial charge in [0, 0.05) is 23.5 Å². The van der Waals surface area contributed by atoms with Crippen LogP contribution in [0.1, 0.15) is 47.9 Å². The van der Waals surface area contributed by atoms with Crippen LogP contribution in [0.15, 0.2) is 30.0 Å². The molecule has 1 N–H and O–H groups in total. The molecule has 0 bridgehead atoms. The summed E-state index contributed by atoms with van der Waals surface area (Å²) >= 11 is 0. The number of esters is 1. The summed E-state index contributed by atoms with van der Waals surface area (Å²) < 4.78 is 5.03. The first-order valence-corrected chi connectivity index (χ1v) is 10.0. The summed E-state index contributed by atoms with van der Waals surface area (Å²) in [4.78, 5) is 39.0. The lowest BCUT2D eigenvalue weighted by Crippen LogP contribution is -2.31. The van der Waals surface area contributed by atoms with Crippen LogP contribution in [0.3, 0.4) is 0 Å². The number of fused-ring (bicyclic) bond motifs is 1. The third-order valence-corrected chi connectivity index (χ3v) is 5.45. The second-order valence-corrected chi connectivity index (χ2v) is 7.26. The molecule has 1 fully saturated rings. The van der Waals surface area contributed by atoms with Gasteiger partial charge in [-0.15, -0.1) is 0 Å². The molecular formula is C22H22N4O4. The summed E-state index contributed by atoms with van der Waals surface area (Å²) in [5, 5.41) is 6.92. The largest absolute Gasteiger partial charge is 0.461 e. The molecule has 0 spiro atoms. The van der Waals surface area contributed by atoms with Gasteiger partial charge < -0.3 is 14.5 Å². The Hall–Kier alpha value is -3.60. The predicted molar refractivity (Wildman–Crippen MR) is 112 cm³/mol. The number of piperidine rings is 1. The van der Waals surface area contributed by atoms with Gasteiger partial charge in [-0.05, 0) is 50.5 Å². The van der Waals surface area contributed by atoms with Gasteiger partial charge in [0.05, 0.1) is 31.0 Å². The van der Waals surface area contributed by atoms with E-state index in [-0.39, 0.29) is 12.3 Å². The highest BCUT2D eigenvalue weighted by atomic mass is 16.5. The molecule has 8 nitrogen and oxygen atoms in total. The molecule has 30 heavy (non-hydrogen) atoms. The number of ether oxygens (including phenoxy) is 1. The van der Waals surface area contributed by atoms with Gasteiger partial charge in [-0.25, -0.2) is 14.4 Å². The van der Waals surface area contributed by atoms with Crippen molar-refractivity contribution in [2.24, 2.45) is 0 Å². The highest BCUT2D eigenvalue weighted by Gasteiger charge is 2.30. The van der Waals surface area contributed by atoms with Gasteiger partial charge in [-0.1, -0.05) is 0 Å². The van der Waals surface area contributed by atoms with Crippen LogP contribution in [-0.4, -0.2) is 47.7 Å². The number of nitrogens with one attached hydrogen (secondary N) is 1. The van der Waals surface area contributed by atoms with Crippen molar-refractivity contribution in [1.82, 2.24) is 10.2 Å². The topological polar surface area (TPSA) is 95.6 Å². The number of anilines is 2. The van der Waals surface area contributed by atoms with Crippen molar-refractivity contribution in [2.45, 2.75) is 32.7 Å². The quantitative estimate of drug-likeness (QED) is 0.616. The number of aromatic amines is 1. The van der Waals surface area contributed by atoms with Crippen molar-refractivity contribution in [3.63, 3.8) is 0 Å². The molecule has 4 rings (SSSR count). The summed E-state index contributed by atoms with van der Waals surface area (Å²) in [6.07, 6.45) is 2.79. The molecule has 0 amide bonds. The summed E-state index contributed by atoms with van der Waals surface area (Å²) in [7, 11) is 0. The minimum absolute atomic E-state index is 0.124. The fourth-order valence-electron chi connectivity index (χ4n) is 4.01. The van der Waals surface area contributed by atoms with Crippen LogP contribution in [0, 0.1) is 0 Å². The minimum atomic E-state index is -0.555. The zero-order valence-electron chi connectivity index (χ0n) is 16.7. The zero-order valence-corrected chi connectivity index (χ0v) is 16.7. The van der Waals surface area contributed by atoms with Crippen molar-refractivity contribution in [3.8, 4) is 0 Å². The molecule has 0 saturated carbocycles. The maximum Gasteiger partial charge on any atom is 0.359 e. The van der Waals surface area contributed by atoms with Crippen LogP contribution in [0.25, 0.3) is 5.57 Å². The molecule has 0 atom stereocenters. The Morgan fingerprint density at radius 2 is 1.90 bits per heavy atom. The van der Waals surface area contributed by atoms with Gasteiger partial charge >= 0.3 is 5.97 Å². The number of rotatable bonds is 4. The van der Waals surface area contributed by atoms with Crippen molar-refractivity contribution in [1.29, 1.82) is 0 Å². The Balaban J connectivity index is 1.58. The van der Waals surface area contributed by atoms with Gasteiger partial charge in [0.15, 0.2) is 5.69 Å². The second-order valence-electron chi connectivity index (χ2n) is 7.26. The lowest BCUT2D eigenvalue weighted by Gasteiger charge is -2.31. The van der Waals surface area contributed by atoms with E-state index in [1.165, 1.54) is 0 Å². The molecule has 1 aromatic carbocycles. The number of benzene rings is 1. The standard InChI is InChI=1S/C22H22N4O4/c1-2-30-22(29)21-20-15(13-27)11-25(12-19(20)23-24-21)16-6-8-17(9-7-16)26-10-4-3-5-18(26)14-28/h6-9H,2-5,10-12H2,1H3,(H,23,24). The number of aromatic nitrogens is 2. The fraction of sp³-hybridized carbons (Fsp3) is 0.364. The summed E-state index contributed by atoms with van der Waals surface area (Å²) in [5.41, 5.74) is 4.20. The van der Waals surface area contributed by atoms with Crippen molar-refractivity contribution < 1.29 is 19.1 Å². The maximum atomic E-state index is 12.1. The van der Waals surface area contributed by atoms with Crippen LogP contribution in [0.4, 0.5) is 11.4 Å². The first-order valence-electron chi connectivity index (χ1n) is 10.0. The maximum absolute atomic E-state index is 12.1. The first-order chi connectivity index (χ1) is 14.7. The number of allylic oxidation sites excluding steroid dienone is 1. The summed E-state index contributed by atoms with van der Waals surface area (Å²) in [5.74, 6) is 3.47. The molecule has 2 aromatic rings. The minimum Gasteiger partial charge on any atom is -0.461 e. The van der Waals surface area contributed by atoms with Gasteiger partial charge in [0.1, 0.15) is 17.6 Å². The number of carbonyl (C=O) groups is 1. The second kappa shape index (κ2) is 8.41. The normalized spacial score (nSPS) is 16.0. The lowest BCUT2D eigenvalue weighted by atomic mass is 9.99. The Labute approximate surface area is 173 Å². The van der Waals surface area contributed by atoms with Crippen LogP contribution in [-0.2, 0) is 20.9 Å². The molecular weight excluding hydrogens is 384 g/mol. The molecule has 2 aliphatic rings. The van der Waals surface area contributed by atoms with E-state index in [4.69, 9.17) is 4.74 Å². The van der Waals surface area contributed by atoms with Gasteiger partial charge in [-0.2, -0.15) is 5.10 Å². The highest BCUT2D eigenvalue weighted by Crippen LogP contribution is 2.33. The Morgan fingerprint density at radius 3 is 2.60 bits per heavy atom. The molecule has 1 aromatic heterocycles. The van der Waals surface area contributed by atoms with Crippen molar-refractivity contribution in [2.75, 3.05) is 29.5 Å². The van der Waals surface area contributed by atoms with E-state index in [0.29, 0.717) is 35.6 Å². The molecule has 8 heteroatoms. The van der Waals surface area contributed by atoms with Crippen LogP contribution in [0.2, 0.25) is 0 Å². The van der Waals surface area contributed by atoms with E-state index in [1.807, 2.05) is 40.0 Å². The van der Waals surface area contributed by atoms with Crippen LogP contribution < -0.4 is 9.80 Å². The smallest absolute Gasteiger partial charge is 0.359 e. The highest BCUT2D eigenvalue weighted by molar-refractivity contribution is 6.01. The molecule has 0 radical (unpaired) electrons. The van der Waals surface area contributed by atoms with E-state index < -0.39 is 5.97 Å². The number of hydrogen-bond donors (Lipinski definition) is 1. The molecule has 154 valence electrons. The van der Waals surface area contributed by atoms with E-state index in [2.05, 4.69) is 16.1 Å². The third kappa shape index (κ3) is 3.54. The Kier molecular flexibility index (Phi) is 5.53. The number of H-pyrrole nitrogens is 1. The SMILES string of the molecule is CCOC(=O)c1n[nH]c2c1C(=C=O)CN(c1ccc(N3CCCCC3=C=O)cc1)C2. The van der Waals surface area contributed by atoms with Crippen molar-refractivity contribution in [3.05, 3.63) is 46.9 Å². The van der Waals surface area contributed by atoms with Crippen LogP contribution in [0.5, 0.6) is 0 Å². The number of nitrogens with zero attached hydrogens (tertiary/aromatic N) is 3. The molecule has 3 heterocycles. The molecule has 0 aliphatic carbocycles. The monoisotopic (exact) mass is 406 g/mol. The average molecular weight is 406 g/mol. The average Bonchev–Trinajstić information content (AvgIpc) is 3.23. The van der Waals surface area contributed by atoms with Crippen molar-refractivity contribution >= 4 is 34.8 Å². The van der Waals surface area contributed by atoms with E-state index in [1.54, 1.807) is 6.92 Å². The molecule has 2 aliphatic heterocycles. The zero-order chi connectivity index (χ0) is 21.1. The van der Waals surface area contributed by atoms with Crippen LogP contribution >= 0.6 is 0 Å². The van der Waals surface area contributed by atoms with E-state index in [0.717, 1.165) is 37.2 Å². The molecule has 0 unspecified atom stereocenters. The van der Waals surface area contributed by atoms with E-state index >= 15 is 0 Å². The van der Waals surface area contributed by atoms with E-state index in [9.17, 15) is 14.4 Å². The Bertz CT molecular complexity index is 1060. The molecule has 1 saturated heterocycles. The first kappa shape index (κ1) is 19.7. The fourth-order valence-corrected chi connectivity index (χ4v) is 4.01. The summed E-state index contributed by atoms with van der Waals surface area (Å²) in [6.45, 7) is 3.54. The Morgan fingerprint density at radius 1 is 1.13 bits per heavy atom. The van der Waals surface area contributed by atoms with Gasteiger partial charge in [0.2, 0.25) is 0 Å². The lowest BCUT2D eigenvalue weighted by molar-refractivity contribution is 0.0519. The third-order valence-electron chi connectivity index (χ3n) is 5.45. The number of hydrogen-bond acceptors (Lipinski definition) is 7. The van der Waals surface area contributed by atoms with Gasteiger partial charge in [0.25, 0.3) is 0 Å². The predicted octanol–water partition coefficient (Wildman–Crippen LogP) is 2.53.